The zero-order valence-corrected chi connectivity index (χ0v) is 33.4. The fraction of sp³-hybridized carbons (Fsp3) is 0.487. The Hall–Kier alpha value is -3.66. The van der Waals surface area contributed by atoms with Crippen LogP contribution in [0.4, 0.5) is 11.4 Å². The second kappa shape index (κ2) is 17.2. The Morgan fingerprint density at radius 3 is 2.26 bits per heavy atom. The third-order valence-electron chi connectivity index (χ3n) is 9.37. The molecule has 0 aliphatic carbocycles. The number of carbonyl (C=O) groups is 1. The number of fused-ring (bicyclic) bond motifs is 2. The summed E-state index contributed by atoms with van der Waals surface area (Å²) in [5, 5.41) is 0. The van der Waals surface area contributed by atoms with Crippen LogP contribution in [0.15, 0.2) is 72.5 Å². The number of nitrogens with one attached hydrogen (secondary N) is 1. The SMILES string of the molecule is CCCOC(=O)c1cccc2c1C(C)(C)C(=CC=CC=CC1=[N+](CCCS(=O)(=O)O)c3cccc(CONC(C)C)c3C1(C)C)N2CCCS(=O)(=O)O. The van der Waals surface area contributed by atoms with Gasteiger partial charge in [-0.3, -0.25) is 13.9 Å². The molecule has 0 fully saturated rings. The van der Waals surface area contributed by atoms with Gasteiger partial charge >= 0.3 is 5.97 Å². The number of hydroxylamine groups is 1. The molecule has 0 saturated heterocycles. The molecule has 2 aromatic carbocycles. The van der Waals surface area contributed by atoms with Crippen molar-refractivity contribution in [1.29, 1.82) is 0 Å². The molecule has 290 valence electrons. The highest BCUT2D eigenvalue weighted by Crippen LogP contribution is 2.49. The van der Waals surface area contributed by atoms with E-state index in [2.05, 4.69) is 23.9 Å². The zero-order chi connectivity index (χ0) is 39.2. The molecule has 2 aliphatic rings. The minimum atomic E-state index is -4.16. The number of hydrogen-bond donors (Lipinski definition) is 3. The van der Waals surface area contributed by atoms with E-state index >= 15 is 0 Å². The van der Waals surface area contributed by atoms with Gasteiger partial charge < -0.3 is 9.64 Å². The first-order chi connectivity index (χ1) is 24.8. The van der Waals surface area contributed by atoms with Gasteiger partial charge in [-0.05, 0) is 64.3 Å². The summed E-state index contributed by atoms with van der Waals surface area (Å²) in [6.07, 6.45) is 10.7. The number of anilines is 1. The number of ether oxygens (including phenoxy) is 1. The molecule has 0 unspecified atom stereocenters. The van der Waals surface area contributed by atoms with Crippen LogP contribution in [0.5, 0.6) is 0 Å². The molecule has 2 heterocycles. The van der Waals surface area contributed by atoms with E-state index in [4.69, 9.17) is 9.57 Å². The molecule has 0 saturated carbocycles. The van der Waals surface area contributed by atoms with Crippen LogP contribution in [0.3, 0.4) is 0 Å². The topological polar surface area (TPSA) is 163 Å². The lowest BCUT2D eigenvalue weighted by atomic mass is 9.79. The van der Waals surface area contributed by atoms with Gasteiger partial charge in [0.2, 0.25) is 5.69 Å². The summed E-state index contributed by atoms with van der Waals surface area (Å²) in [5.74, 6) is -1.18. The minimum absolute atomic E-state index is 0.139. The molecule has 14 heteroatoms. The highest BCUT2D eigenvalue weighted by atomic mass is 32.2. The molecule has 2 aliphatic heterocycles. The van der Waals surface area contributed by atoms with Gasteiger partial charge in [-0.1, -0.05) is 57.2 Å². The van der Waals surface area contributed by atoms with Crippen LogP contribution >= 0.6 is 0 Å². The lowest BCUT2D eigenvalue weighted by molar-refractivity contribution is -0.437. The molecule has 0 radical (unpaired) electrons. The number of hydrogen-bond acceptors (Lipinski definition) is 9. The average Bonchev–Trinajstić information content (AvgIpc) is 3.41. The van der Waals surface area contributed by atoms with Crippen molar-refractivity contribution < 1.29 is 44.9 Å². The molecule has 12 nitrogen and oxygen atoms in total. The molecule has 0 spiro atoms. The van der Waals surface area contributed by atoms with E-state index in [1.807, 2.05) is 94.2 Å². The second-order valence-corrected chi connectivity index (χ2v) is 17.9. The maximum atomic E-state index is 13.2. The third-order valence-corrected chi connectivity index (χ3v) is 11.0. The molecule has 0 aromatic heterocycles. The number of esters is 1. The maximum absolute atomic E-state index is 13.2. The molecule has 53 heavy (non-hydrogen) atoms. The predicted molar refractivity (Wildman–Crippen MR) is 208 cm³/mol. The van der Waals surface area contributed by atoms with Crippen molar-refractivity contribution in [3.05, 3.63) is 94.7 Å². The van der Waals surface area contributed by atoms with Crippen molar-refractivity contribution >= 4 is 43.3 Å². The van der Waals surface area contributed by atoms with Gasteiger partial charge in [-0.15, -0.1) is 0 Å². The molecule has 0 amide bonds. The third kappa shape index (κ3) is 10.3. The summed E-state index contributed by atoms with van der Waals surface area (Å²) in [6, 6.07) is 11.6. The molecule has 4 rings (SSSR count). The van der Waals surface area contributed by atoms with E-state index in [1.165, 1.54) is 0 Å². The Kier molecular flexibility index (Phi) is 13.7. The Morgan fingerprint density at radius 1 is 0.925 bits per heavy atom. The Morgan fingerprint density at radius 2 is 1.60 bits per heavy atom. The van der Waals surface area contributed by atoms with Crippen molar-refractivity contribution in [2.24, 2.45) is 0 Å². The van der Waals surface area contributed by atoms with E-state index in [1.54, 1.807) is 12.1 Å². The van der Waals surface area contributed by atoms with Gasteiger partial charge in [-0.25, -0.2) is 4.79 Å². The summed E-state index contributed by atoms with van der Waals surface area (Å²) < 4.78 is 72.8. The first-order valence-corrected chi connectivity index (χ1v) is 21.2. The summed E-state index contributed by atoms with van der Waals surface area (Å²) in [7, 11) is -8.30. The Labute approximate surface area is 314 Å². The van der Waals surface area contributed by atoms with Gasteiger partial charge in [0.05, 0.1) is 35.7 Å². The average molecular weight is 773 g/mol. The van der Waals surface area contributed by atoms with Crippen molar-refractivity contribution in [2.45, 2.75) is 91.2 Å². The largest absolute Gasteiger partial charge is 0.462 e. The monoisotopic (exact) mass is 772 g/mol. The van der Waals surface area contributed by atoms with Gasteiger partial charge in [0, 0.05) is 59.1 Å². The van der Waals surface area contributed by atoms with Crippen LogP contribution in [0.25, 0.3) is 0 Å². The van der Waals surface area contributed by atoms with Crippen molar-refractivity contribution in [3.8, 4) is 0 Å². The quantitative estimate of drug-likeness (QED) is 0.0505. The zero-order valence-electron chi connectivity index (χ0n) is 31.8. The molecular weight excluding hydrogens is 719 g/mol. The number of nitrogens with zero attached hydrogens (tertiary/aromatic N) is 2. The highest BCUT2D eigenvalue weighted by Gasteiger charge is 2.46. The van der Waals surface area contributed by atoms with Crippen LogP contribution in [0.2, 0.25) is 0 Å². The summed E-state index contributed by atoms with van der Waals surface area (Å²) in [4.78, 5) is 20.9. The van der Waals surface area contributed by atoms with Crippen LogP contribution < -0.4 is 10.4 Å². The van der Waals surface area contributed by atoms with Gasteiger partial charge in [0.1, 0.15) is 6.54 Å². The molecule has 0 bridgehead atoms. The standard InChI is InChI=1S/C39H53N3O9S2/c1-8-24-50-37(43)30-17-13-19-32-36(30)39(6,7)34(42(32)23-15-26-53(47,48)49)21-11-9-10-20-33-38(4,5)35-29(27-51-40-28(2)3)16-12-18-31(35)41(33)22-14-25-52(44,45)46/h9-13,16-21,28,40H,8,14-15,22-27H2,1-7H3,(H-,44,45,46,47,48,49)/p+1. The normalized spacial score (nSPS) is 17.5. The van der Waals surface area contributed by atoms with E-state index < -0.39 is 42.8 Å². The fourth-order valence-electron chi connectivity index (χ4n) is 7.24. The first kappa shape index (κ1) is 42.1. The van der Waals surface area contributed by atoms with Gasteiger partial charge in [0.25, 0.3) is 20.2 Å². The number of allylic oxidation sites excluding steroid dienone is 6. The van der Waals surface area contributed by atoms with Crippen molar-refractivity contribution in [3.63, 3.8) is 0 Å². The summed E-state index contributed by atoms with van der Waals surface area (Å²) >= 11 is 0. The van der Waals surface area contributed by atoms with E-state index in [-0.39, 0.29) is 24.6 Å². The lowest BCUT2D eigenvalue weighted by Gasteiger charge is -2.27. The molecule has 3 N–H and O–H groups in total. The van der Waals surface area contributed by atoms with Gasteiger partial charge in [-0.2, -0.15) is 26.9 Å². The number of carbonyl (C=O) groups excluding carboxylic acids is 1. The van der Waals surface area contributed by atoms with Crippen molar-refractivity contribution in [2.75, 3.05) is 36.1 Å². The van der Waals surface area contributed by atoms with E-state index in [9.17, 15) is 30.7 Å². The fourth-order valence-corrected chi connectivity index (χ4v) is 8.23. The molecular formula is C39H54N3O9S2+. The van der Waals surface area contributed by atoms with Crippen LogP contribution in [-0.2, 0) is 47.2 Å². The lowest BCUT2D eigenvalue weighted by Crippen LogP contribution is -2.29. The highest BCUT2D eigenvalue weighted by molar-refractivity contribution is 7.86. The minimum Gasteiger partial charge on any atom is -0.462 e. The Bertz CT molecular complexity index is 2010. The summed E-state index contributed by atoms with van der Waals surface area (Å²) in [6.45, 7) is 15.5. The van der Waals surface area contributed by atoms with E-state index in [0.29, 0.717) is 38.3 Å². The second-order valence-electron chi connectivity index (χ2n) is 14.7. The molecule has 0 atom stereocenters. The van der Waals surface area contributed by atoms with Crippen LogP contribution in [-0.4, -0.2) is 79.4 Å². The predicted octanol–water partition coefficient (Wildman–Crippen LogP) is 6.41. The number of benzene rings is 2. The van der Waals surface area contributed by atoms with Gasteiger partial charge in [0.15, 0.2) is 5.71 Å². The smallest absolute Gasteiger partial charge is 0.338 e. The summed E-state index contributed by atoms with van der Waals surface area (Å²) in [5.41, 5.74) is 8.68. The maximum Gasteiger partial charge on any atom is 0.338 e. The Balaban J connectivity index is 1.70. The van der Waals surface area contributed by atoms with E-state index in [0.717, 1.165) is 39.5 Å². The van der Waals surface area contributed by atoms with Crippen molar-refractivity contribution in [1.82, 2.24) is 5.48 Å². The first-order valence-electron chi connectivity index (χ1n) is 18.0. The molecule has 2 aromatic rings. The van der Waals surface area contributed by atoms with Crippen LogP contribution in [0, 0.1) is 0 Å². The van der Waals surface area contributed by atoms with Crippen LogP contribution in [0.1, 0.15) is 94.8 Å². The number of rotatable bonds is 18.